The van der Waals surface area contributed by atoms with Crippen molar-refractivity contribution in [2.75, 3.05) is 13.6 Å². The van der Waals surface area contributed by atoms with Crippen LogP contribution in [0.5, 0.6) is 0 Å². The van der Waals surface area contributed by atoms with Gasteiger partial charge < -0.3 is 10.6 Å². The van der Waals surface area contributed by atoms with E-state index in [1.165, 1.54) is 0 Å². The van der Waals surface area contributed by atoms with Gasteiger partial charge in [0.1, 0.15) is 5.69 Å². The monoisotopic (exact) mass is 292 g/mol. The summed E-state index contributed by atoms with van der Waals surface area (Å²) >= 11 is 6.11. The molecule has 1 amide bonds. The summed E-state index contributed by atoms with van der Waals surface area (Å²) in [5.41, 5.74) is 1.87. The summed E-state index contributed by atoms with van der Waals surface area (Å²) in [4.78, 5) is 12.0. The number of carbonyl (C=O) groups excluding carboxylic acids is 1. The summed E-state index contributed by atoms with van der Waals surface area (Å²) in [6, 6.07) is 9.30. The number of halogens is 1. The second kappa shape index (κ2) is 6.54. The van der Waals surface area contributed by atoms with E-state index in [4.69, 9.17) is 11.6 Å². The highest BCUT2D eigenvalue weighted by molar-refractivity contribution is 6.33. The van der Waals surface area contributed by atoms with Crippen molar-refractivity contribution < 1.29 is 4.79 Å². The van der Waals surface area contributed by atoms with E-state index in [1.807, 2.05) is 32.2 Å². The second-order valence-corrected chi connectivity index (χ2v) is 4.95. The first-order chi connectivity index (χ1) is 9.61. The molecule has 0 saturated heterocycles. The molecule has 5 nitrogen and oxygen atoms in total. The van der Waals surface area contributed by atoms with Crippen LogP contribution in [-0.2, 0) is 0 Å². The molecule has 106 valence electrons. The van der Waals surface area contributed by atoms with Crippen LogP contribution in [0.15, 0.2) is 30.3 Å². The van der Waals surface area contributed by atoms with E-state index in [9.17, 15) is 4.79 Å². The number of amides is 1. The lowest BCUT2D eigenvalue weighted by atomic mass is 10.1. The number of benzene rings is 1. The summed E-state index contributed by atoms with van der Waals surface area (Å²) in [6.07, 6.45) is 0. The third-order valence-corrected chi connectivity index (χ3v) is 3.36. The van der Waals surface area contributed by atoms with Gasteiger partial charge in [-0.25, -0.2) is 0 Å². The number of carbonyl (C=O) groups is 1. The molecule has 1 heterocycles. The largest absolute Gasteiger partial charge is 0.349 e. The van der Waals surface area contributed by atoms with Gasteiger partial charge in [-0.05, 0) is 26.1 Å². The van der Waals surface area contributed by atoms with Crippen LogP contribution < -0.4 is 10.6 Å². The average Bonchev–Trinajstić information content (AvgIpc) is 2.94. The molecule has 3 N–H and O–H groups in total. The zero-order valence-corrected chi connectivity index (χ0v) is 12.2. The van der Waals surface area contributed by atoms with Gasteiger partial charge in [-0.2, -0.15) is 5.10 Å². The molecule has 1 atom stereocenters. The van der Waals surface area contributed by atoms with Crippen LogP contribution in [0, 0.1) is 0 Å². The number of aromatic amines is 1. The van der Waals surface area contributed by atoms with Crippen molar-refractivity contribution in [3.63, 3.8) is 0 Å². The molecular weight excluding hydrogens is 276 g/mol. The fourth-order valence-corrected chi connectivity index (χ4v) is 1.92. The van der Waals surface area contributed by atoms with Crippen LogP contribution in [0.1, 0.15) is 17.4 Å². The summed E-state index contributed by atoms with van der Waals surface area (Å²) < 4.78 is 0. The minimum Gasteiger partial charge on any atom is -0.349 e. The van der Waals surface area contributed by atoms with Crippen LogP contribution in [0.25, 0.3) is 11.3 Å². The molecule has 0 aliphatic rings. The van der Waals surface area contributed by atoms with E-state index < -0.39 is 0 Å². The van der Waals surface area contributed by atoms with E-state index >= 15 is 0 Å². The summed E-state index contributed by atoms with van der Waals surface area (Å²) in [5, 5.41) is 13.3. The Bertz CT molecular complexity index is 596. The van der Waals surface area contributed by atoms with Crippen LogP contribution in [0.4, 0.5) is 0 Å². The number of hydrogen-bond donors (Lipinski definition) is 3. The Morgan fingerprint density at radius 1 is 1.45 bits per heavy atom. The van der Waals surface area contributed by atoms with Crippen molar-refractivity contribution in [3.05, 3.63) is 41.0 Å². The average molecular weight is 293 g/mol. The van der Waals surface area contributed by atoms with Crippen molar-refractivity contribution in [2.45, 2.75) is 13.0 Å². The molecule has 20 heavy (non-hydrogen) atoms. The SMILES string of the molecule is CNC(C)CNC(=O)c1cc(-c2ccccc2Cl)n[nH]1. The molecule has 0 spiro atoms. The molecule has 1 unspecified atom stereocenters. The molecule has 0 bridgehead atoms. The smallest absolute Gasteiger partial charge is 0.269 e. The quantitative estimate of drug-likeness (QED) is 0.790. The minimum absolute atomic E-state index is 0.182. The molecule has 2 aromatic rings. The van der Waals surface area contributed by atoms with Gasteiger partial charge in [0.2, 0.25) is 0 Å². The number of nitrogens with one attached hydrogen (secondary N) is 3. The number of nitrogens with zero attached hydrogens (tertiary/aromatic N) is 1. The summed E-state index contributed by atoms with van der Waals surface area (Å²) in [6.45, 7) is 2.54. The van der Waals surface area contributed by atoms with Crippen molar-refractivity contribution >= 4 is 17.5 Å². The first-order valence-electron chi connectivity index (χ1n) is 6.37. The molecular formula is C14H17ClN4O. The predicted octanol–water partition coefficient (Wildman–Crippen LogP) is 2.07. The summed E-state index contributed by atoms with van der Waals surface area (Å²) in [5.74, 6) is -0.182. The molecule has 0 aliphatic carbocycles. The molecule has 2 rings (SSSR count). The number of likely N-dealkylation sites (N-methyl/N-ethyl adjacent to an activating group) is 1. The van der Waals surface area contributed by atoms with E-state index in [0.717, 1.165) is 5.56 Å². The van der Waals surface area contributed by atoms with Crippen LogP contribution in [-0.4, -0.2) is 35.7 Å². The fraction of sp³-hybridized carbons (Fsp3) is 0.286. The maximum atomic E-state index is 12.0. The highest BCUT2D eigenvalue weighted by Crippen LogP contribution is 2.26. The van der Waals surface area contributed by atoms with Gasteiger partial charge in [-0.1, -0.05) is 29.8 Å². The van der Waals surface area contributed by atoms with Gasteiger partial charge in [-0.3, -0.25) is 9.89 Å². The Labute approximate surface area is 122 Å². The highest BCUT2D eigenvalue weighted by atomic mass is 35.5. The Morgan fingerprint density at radius 2 is 2.20 bits per heavy atom. The van der Waals surface area contributed by atoms with E-state index in [2.05, 4.69) is 20.8 Å². The lowest BCUT2D eigenvalue weighted by Crippen LogP contribution is -2.37. The second-order valence-electron chi connectivity index (χ2n) is 4.55. The van der Waals surface area contributed by atoms with Crippen molar-refractivity contribution in [1.82, 2.24) is 20.8 Å². The maximum absolute atomic E-state index is 12.0. The van der Waals surface area contributed by atoms with Gasteiger partial charge in [0.25, 0.3) is 5.91 Å². The first kappa shape index (κ1) is 14.6. The third-order valence-electron chi connectivity index (χ3n) is 3.03. The van der Waals surface area contributed by atoms with Crippen molar-refractivity contribution in [3.8, 4) is 11.3 Å². The Balaban J connectivity index is 2.09. The standard InChI is InChI=1S/C14H17ClN4O/c1-9(16-2)8-17-14(20)13-7-12(18-19-13)10-5-3-4-6-11(10)15/h3-7,9,16H,8H2,1-2H3,(H,17,20)(H,18,19). The molecule has 0 saturated carbocycles. The van der Waals surface area contributed by atoms with Crippen molar-refractivity contribution in [1.29, 1.82) is 0 Å². The zero-order chi connectivity index (χ0) is 14.5. The Morgan fingerprint density at radius 3 is 2.90 bits per heavy atom. The van der Waals surface area contributed by atoms with Crippen LogP contribution in [0.2, 0.25) is 5.02 Å². The fourth-order valence-electron chi connectivity index (χ4n) is 1.69. The van der Waals surface area contributed by atoms with Crippen LogP contribution in [0.3, 0.4) is 0 Å². The van der Waals surface area contributed by atoms with Crippen molar-refractivity contribution in [2.24, 2.45) is 0 Å². The van der Waals surface area contributed by atoms with Gasteiger partial charge >= 0.3 is 0 Å². The number of H-pyrrole nitrogens is 1. The molecule has 1 aromatic carbocycles. The molecule has 6 heteroatoms. The Kier molecular flexibility index (Phi) is 4.76. The van der Waals surface area contributed by atoms with Gasteiger partial charge in [-0.15, -0.1) is 0 Å². The number of rotatable bonds is 5. The lowest BCUT2D eigenvalue weighted by Gasteiger charge is -2.10. The van der Waals surface area contributed by atoms with Crippen LogP contribution >= 0.6 is 11.6 Å². The Hall–Kier alpha value is -1.85. The molecule has 1 aromatic heterocycles. The minimum atomic E-state index is -0.182. The number of hydrogen-bond acceptors (Lipinski definition) is 3. The van der Waals surface area contributed by atoms with Gasteiger partial charge in [0.15, 0.2) is 0 Å². The normalized spacial score (nSPS) is 12.2. The van der Waals surface area contributed by atoms with E-state index in [1.54, 1.807) is 12.1 Å². The summed E-state index contributed by atoms with van der Waals surface area (Å²) in [7, 11) is 1.85. The lowest BCUT2D eigenvalue weighted by molar-refractivity contribution is 0.0945. The molecule has 0 fully saturated rings. The predicted molar refractivity (Wildman–Crippen MR) is 79.9 cm³/mol. The van der Waals surface area contributed by atoms with Gasteiger partial charge in [0, 0.05) is 18.2 Å². The highest BCUT2D eigenvalue weighted by Gasteiger charge is 2.12. The maximum Gasteiger partial charge on any atom is 0.269 e. The van der Waals surface area contributed by atoms with E-state index in [-0.39, 0.29) is 11.9 Å². The number of aromatic nitrogens is 2. The van der Waals surface area contributed by atoms with E-state index in [0.29, 0.717) is 23.0 Å². The van der Waals surface area contributed by atoms with Gasteiger partial charge in [0.05, 0.1) is 10.7 Å². The first-order valence-corrected chi connectivity index (χ1v) is 6.75. The molecule has 0 aliphatic heterocycles. The topological polar surface area (TPSA) is 69.8 Å². The zero-order valence-electron chi connectivity index (χ0n) is 11.4. The third kappa shape index (κ3) is 3.37. The molecule has 0 radical (unpaired) electrons.